The third-order valence-corrected chi connectivity index (χ3v) is 2.13. The van der Waals surface area contributed by atoms with E-state index in [9.17, 15) is 0 Å². The minimum atomic E-state index is 0.676. The maximum Gasteiger partial charge on any atom is 0.213 e. The molecule has 0 aliphatic carbocycles. The molecule has 0 radical (unpaired) electrons. The molecular formula is C18H30N2O. The van der Waals surface area contributed by atoms with Gasteiger partial charge in [-0.1, -0.05) is 39.8 Å². The minimum Gasteiger partial charge on any atom is -0.481 e. The molecule has 0 saturated carbocycles. The molecule has 3 heteroatoms. The van der Waals surface area contributed by atoms with Gasteiger partial charge in [0, 0.05) is 23.7 Å². The summed E-state index contributed by atoms with van der Waals surface area (Å²) in [5.41, 5.74) is 3.28. The van der Waals surface area contributed by atoms with Crippen molar-refractivity contribution >= 4 is 0 Å². The molecule has 0 spiro atoms. The fraction of sp³-hybridized carbons (Fsp3) is 0.444. The van der Waals surface area contributed by atoms with Gasteiger partial charge in [0.1, 0.15) is 0 Å². The molecular weight excluding hydrogens is 260 g/mol. The fourth-order valence-electron chi connectivity index (χ4n) is 1.17. The van der Waals surface area contributed by atoms with Crippen molar-refractivity contribution in [1.29, 1.82) is 0 Å². The molecule has 0 saturated heterocycles. The van der Waals surface area contributed by atoms with Crippen LogP contribution in [0.3, 0.4) is 0 Å². The van der Waals surface area contributed by atoms with Crippen LogP contribution in [-0.4, -0.2) is 17.1 Å². The fourth-order valence-corrected chi connectivity index (χ4v) is 1.17. The molecule has 0 aliphatic heterocycles. The average molecular weight is 290 g/mol. The van der Waals surface area contributed by atoms with Crippen LogP contribution in [0.5, 0.6) is 5.88 Å². The van der Waals surface area contributed by atoms with Crippen LogP contribution in [0.15, 0.2) is 36.5 Å². The SMILES string of the molecule is CC.CC.COc1cccc(C)n1.Cc1ccc(C)nc1. The lowest BCUT2D eigenvalue weighted by molar-refractivity contribution is 0.397. The summed E-state index contributed by atoms with van der Waals surface area (Å²) in [4.78, 5) is 8.15. The molecule has 0 atom stereocenters. The Hall–Kier alpha value is -1.90. The highest BCUT2D eigenvalue weighted by Gasteiger charge is 1.88. The number of aryl methyl sites for hydroxylation is 3. The van der Waals surface area contributed by atoms with E-state index in [0.29, 0.717) is 5.88 Å². The molecule has 3 nitrogen and oxygen atoms in total. The van der Waals surface area contributed by atoms with Crippen LogP contribution in [0.25, 0.3) is 0 Å². The average Bonchev–Trinajstić information content (AvgIpc) is 2.55. The second-order valence-corrected chi connectivity index (χ2v) is 3.80. The predicted octanol–water partition coefficient (Wildman–Crippen LogP) is 5.15. The maximum absolute atomic E-state index is 4.88. The lowest BCUT2D eigenvalue weighted by Crippen LogP contribution is -1.87. The first-order chi connectivity index (χ1) is 10.1. The Morgan fingerprint density at radius 2 is 1.43 bits per heavy atom. The summed E-state index contributed by atoms with van der Waals surface area (Å²) in [5, 5.41) is 0. The summed E-state index contributed by atoms with van der Waals surface area (Å²) >= 11 is 0. The summed E-state index contributed by atoms with van der Waals surface area (Å²) in [5.74, 6) is 0.676. The number of pyridine rings is 2. The lowest BCUT2D eigenvalue weighted by atomic mass is 10.3. The van der Waals surface area contributed by atoms with Gasteiger partial charge in [0.2, 0.25) is 5.88 Å². The summed E-state index contributed by atoms with van der Waals surface area (Å²) in [6.45, 7) is 14.0. The first-order valence-corrected chi connectivity index (χ1v) is 7.48. The Balaban J connectivity index is 0. The van der Waals surface area contributed by atoms with E-state index in [1.807, 2.05) is 78.9 Å². The van der Waals surface area contributed by atoms with Gasteiger partial charge in [-0.2, -0.15) is 0 Å². The summed E-state index contributed by atoms with van der Waals surface area (Å²) in [7, 11) is 1.61. The Morgan fingerprint density at radius 3 is 1.76 bits per heavy atom. The number of rotatable bonds is 1. The Bertz CT molecular complexity index is 432. The normalized spacial score (nSPS) is 8.00. The van der Waals surface area contributed by atoms with Crippen molar-refractivity contribution in [2.45, 2.75) is 48.5 Å². The Morgan fingerprint density at radius 1 is 0.810 bits per heavy atom. The predicted molar refractivity (Wildman–Crippen MR) is 91.9 cm³/mol. The molecule has 0 aliphatic rings. The first kappa shape index (κ1) is 21.4. The van der Waals surface area contributed by atoms with Crippen molar-refractivity contribution in [3.05, 3.63) is 53.5 Å². The van der Waals surface area contributed by atoms with E-state index in [-0.39, 0.29) is 0 Å². The van der Waals surface area contributed by atoms with Gasteiger partial charge in [0.05, 0.1) is 7.11 Å². The van der Waals surface area contributed by atoms with Crippen LogP contribution < -0.4 is 4.74 Å². The van der Waals surface area contributed by atoms with E-state index < -0.39 is 0 Å². The quantitative estimate of drug-likeness (QED) is 0.728. The van der Waals surface area contributed by atoms with Crippen molar-refractivity contribution in [1.82, 2.24) is 9.97 Å². The topological polar surface area (TPSA) is 35.0 Å². The van der Waals surface area contributed by atoms with E-state index in [1.165, 1.54) is 5.56 Å². The van der Waals surface area contributed by atoms with Crippen LogP contribution in [0, 0.1) is 20.8 Å². The molecule has 0 N–H and O–H groups in total. The lowest BCUT2D eigenvalue weighted by Gasteiger charge is -1.96. The summed E-state index contributed by atoms with van der Waals surface area (Å²) < 4.78 is 4.88. The van der Waals surface area contributed by atoms with Crippen molar-refractivity contribution in [3.8, 4) is 5.88 Å². The molecule has 0 unspecified atom stereocenters. The third-order valence-electron chi connectivity index (χ3n) is 2.13. The largest absolute Gasteiger partial charge is 0.481 e. The van der Waals surface area contributed by atoms with Gasteiger partial charge >= 0.3 is 0 Å². The van der Waals surface area contributed by atoms with Crippen molar-refractivity contribution in [3.63, 3.8) is 0 Å². The summed E-state index contributed by atoms with van der Waals surface area (Å²) in [6, 6.07) is 9.74. The third kappa shape index (κ3) is 11.6. The van der Waals surface area contributed by atoms with Crippen LogP contribution in [-0.2, 0) is 0 Å². The van der Waals surface area contributed by atoms with Gasteiger partial charge in [-0.25, -0.2) is 4.98 Å². The van der Waals surface area contributed by atoms with Gasteiger partial charge in [0.15, 0.2) is 0 Å². The highest BCUT2D eigenvalue weighted by atomic mass is 16.5. The van der Waals surface area contributed by atoms with Gasteiger partial charge < -0.3 is 4.74 Å². The molecule has 2 aromatic heterocycles. The molecule has 0 amide bonds. The van der Waals surface area contributed by atoms with E-state index in [1.54, 1.807) is 7.11 Å². The number of methoxy groups -OCH3 is 1. The smallest absolute Gasteiger partial charge is 0.213 e. The van der Waals surface area contributed by atoms with Gasteiger partial charge in [0.25, 0.3) is 0 Å². The number of nitrogens with zero attached hydrogens (tertiary/aromatic N) is 2. The van der Waals surface area contributed by atoms with E-state index in [0.717, 1.165) is 11.4 Å². The zero-order valence-electron chi connectivity index (χ0n) is 14.8. The van der Waals surface area contributed by atoms with Gasteiger partial charge in [-0.05, 0) is 38.5 Å². The standard InChI is InChI=1S/C7H9NO.C7H9N.2C2H6/c1-6-4-3-5-7(8-6)9-2;1-6-3-4-7(2)8-5-6;2*1-2/h3-5H,1-2H3;3-5H,1-2H3;2*1-2H3. The first-order valence-electron chi connectivity index (χ1n) is 7.48. The zero-order chi connectivity index (χ0) is 16.7. The molecule has 21 heavy (non-hydrogen) atoms. The molecule has 118 valence electrons. The van der Waals surface area contributed by atoms with E-state index in [2.05, 4.69) is 16.0 Å². The molecule has 0 aromatic carbocycles. The van der Waals surface area contributed by atoms with Crippen LogP contribution in [0.1, 0.15) is 44.6 Å². The Kier molecular flexibility index (Phi) is 14.8. The number of hydrogen-bond donors (Lipinski definition) is 0. The van der Waals surface area contributed by atoms with Crippen LogP contribution >= 0.6 is 0 Å². The Labute approximate surface area is 130 Å². The molecule has 2 heterocycles. The van der Waals surface area contributed by atoms with Crippen molar-refractivity contribution < 1.29 is 4.74 Å². The van der Waals surface area contributed by atoms with Crippen LogP contribution in [0.2, 0.25) is 0 Å². The van der Waals surface area contributed by atoms with E-state index >= 15 is 0 Å². The summed E-state index contributed by atoms with van der Waals surface area (Å²) in [6.07, 6.45) is 1.87. The van der Waals surface area contributed by atoms with Crippen LogP contribution in [0.4, 0.5) is 0 Å². The van der Waals surface area contributed by atoms with Crippen molar-refractivity contribution in [2.24, 2.45) is 0 Å². The van der Waals surface area contributed by atoms with E-state index in [4.69, 9.17) is 4.74 Å². The van der Waals surface area contributed by atoms with Gasteiger partial charge in [-0.15, -0.1) is 0 Å². The van der Waals surface area contributed by atoms with Gasteiger partial charge in [-0.3, -0.25) is 4.98 Å². The minimum absolute atomic E-state index is 0.676. The molecule has 2 aromatic rings. The molecule has 0 fully saturated rings. The monoisotopic (exact) mass is 290 g/mol. The number of hydrogen-bond acceptors (Lipinski definition) is 3. The number of aromatic nitrogens is 2. The maximum atomic E-state index is 4.88. The zero-order valence-corrected chi connectivity index (χ0v) is 14.8. The highest BCUT2D eigenvalue weighted by molar-refractivity contribution is 5.14. The molecule has 2 rings (SSSR count). The van der Waals surface area contributed by atoms with Crippen molar-refractivity contribution in [2.75, 3.05) is 7.11 Å². The second-order valence-electron chi connectivity index (χ2n) is 3.80. The second kappa shape index (κ2) is 14.5. The molecule has 0 bridgehead atoms. The number of ether oxygens (including phenoxy) is 1. The highest BCUT2D eigenvalue weighted by Crippen LogP contribution is 2.04.